The summed E-state index contributed by atoms with van der Waals surface area (Å²) in [6.45, 7) is 2.55. The molecule has 0 amide bonds. The molecule has 4 N–H and O–H groups in total. The number of thiazole rings is 1. The Hall–Kier alpha value is -1.82. The summed E-state index contributed by atoms with van der Waals surface area (Å²) in [7, 11) is 0. The predicted octanol–water partition coefficient (Wildman–Crippen LogP) is 1.63. The standard InChI is InChI=1S/C11H14N4OS/c1-7-9(17-6-14-7)4-5-16-10-3-2-8(12)11(13)15-10/h2-3,6H,4-5,12H2,1H3,(H2,13,15). The summed E-state index contributed by atoms with van der Waals surface area (Å²) in [6.07, 6.45) is 0.822. The van der Waals surface area contributed by atoms with Gasteiger partial charge in [0.2, 0.25) is 5.88 Å². The van der Waals surface area contributed by atoms with Gasteiger partial charge in [0.05, 0.1) is 23.5 Å². The summed E-state index contributed by atoms with van der Waals surface area (Å²) in [5.74, 6) is 0.801. The van der Waals surface area contributed by atoms with Gasteiger partial charge in [-0.1, -0.05) is 0 Å². The van der Waals surface area contributed by atoms with Crippen LogP contribution in [0.1, 0.15) is 10.6 Å². The van der Waals surface area contributed by atoms with Crippen molar-refractivity contribution in [3.63, 3.8) is 0 Å². The number of hydrogen-bond donors (Lipinski definition) is 2. The average molecular weight is 250 g/mol. The molecule has 2 rings (SSSR count). The van der Waals surface area contributed by atoms with E-state index in [0.29, 0.717) is 24.0 Å². The maximum absolute atomic E-state index is 5.59. The lowest BCUT2D eigenvalue weighted by atomic mass is 10.3. The van der Waals surface area contributed by atoms with Crippen LogP contribution in [0.3, 0.4) is 0 Å². The predicted molar refractivity (Wildman–Crippen MR) is 69.1 cm³/mol. The van der Waals surface area contributed by atoms with Crippen molar-refractivity contribution in [1.29, 1.82) is 0 Å². The topological polar surface area (TPSA) is 87.0 Å². The van der Waals surface area contributed by atoms with E-state index in [1.165, 1.54) is 4.88 Å². The third-order valence-corrected chi connectivity index (χ3v) is 3.35. The Labute approximate surface area is 103 Å². The van der Waals surface area contributed by atoms with E-state index in [9.17, 15) is 0 Å². The van der Waals surface area contributed by atoms with Gasteiger partial charge in [-0.25, -0.2) is 4.98 Å². The third kappa shape index (κ3) is 2.85. The molecule has 0 atom stereocenters. The molecule has 90 valence electrons. The van der Waals surface area contributed by atoms with Crippen LogP contribution in [0.25, 0.3) is 0 Å². The SMILES string of the molecule is Cc1ncsc1CCOc1ccc(N)c(N)n1. The lowest BCUT2D eigenvalue weighted by Gasteiger charge is -2.06. The average Bonchev–Trinajstić information content (AvgIpc) is 2.70. The van der Waals surface area contributed by atoms with Gasteiger partial charge in [-0.3, -0.25) is 0 Å². The molecular formula is C11H14N4OS. The van der Waals surface area contributed by atoms with Crippen molar-refractivity contribution in [2.24, 2.45) is 0 Å². The second-order valence-electron chi connectivity index (χ2n) is 3.58. The maximum Gasteiger partial charge on any atom is 0.215 e. The summed E-state index contributed by atoms with van der Waals surface area (Å²) in [6, 6.07) is 3.40. The zero-order chi connectivity index (χ0) is 12.3. The van der Waals surface area contributed by atoms with Gasteiger partial charge in [-0.15, -0.1) is 11.3 Å². The van der Waals surface area contributed by atoms with Crippen LogP contribution in [0.15, 0.2) is 17.6 Å². The largest absolute Gasteiger partial charge is 0.477 e. The number of rotatable bonds is 4. The van der Waals surface area contributed by atoms with E-state index in [2.05, 4.69) is 9.97 Å². The lowest BCUT2D eigenvalue weighted by Crippen LogP contribution is -2.05. The van der Waals surface area contributed by atoms with E-state index in [4.69, 9.17) is 16.2 Å². The summed E-state index contributed by atoms with van der Waals surface area (Å²) in [5.41, 5.74) is 14.5. The molecule has 6 heteroatoms. The van der Waals surface area contributed by atoms with Gasteiger partial charge in [0.15, 0.2) is 5.82 Å². The van der Waals surface area contributed by atoms with E-state index in [1.807, 2.05) is 12.4 Å². The first-order valence-corrected chi connectivity index (χ1v) is 6.08. The van der Waals surface area contributed by atoms with Gasteiger partial charge in [0.1, 0.15) is 0 Å². The van der Waals surface area contributed by atoms with Crippen LogP contribution in [0.5, 0.6) is 5.88 Å². The highest BCUT2D eigenvalue weighted by atomic mass is 32.1. The fourth-order valence-corrected chi connectivity index (χ4v) is 2.12. The summed E-state index contributed by atoms with van der Waals surface area (Å²) in [4.78, 5) is 9.44. The van der Waals surface area contributed by atoms with E-state index in [0.717, 1.165) is 12.1 Å². The second-order valence-corrected chi connectivity index (χ2v) is 4.52. The first kappa shape index (κ1) is 11.7. The molecule has 0 unspecified atom stereocenters. The molecule has 0 bridgehead atoms. The van der Waals surface area contributed by atoms with Crippen LogP contribution < -0.4 is 16.2 Å². The van der Waals surface area contributed by atoms with Gasteiger partial charge >= 0.3 is 0 Å². The van der Waals surface area contributed by atoms with Crippen molar-refractivity contribution >= 4 is 22.8 Å². The zero-order valence-corrected chi connectivity index (χ0v) is 10.3. The van der Waals surface area contributed by atoms with E-state index in [-0.39, 0.29) is 0 Å². The van der Waals surface area contributed by atoms with Gasteiger partial charge < -0.3 is 16.2 Å². The minimum Gasteiger partial charge on any atom is -0.477 e. The molecule has 0 aliphatic rings. The minimum absolute atomic E-state index is 0.302. The molecule has 0 aliphatic carbocycles. The van der Waals surface area contributed by atoms with E-state index in [1.54, 1.807) is 23.5 Å². The Morgan fingerprint density at radius 3 is 2.82 bits per heavy atom. The Morgan fingerprint density at radius 1 is 1.35 bits per heavy atom. The summed E-state index contributed by atoms with van der Waals surface area (Å²) >= 11 is 1.63. The van der Waals surface area contributed by atoms with Crippen molar-refractivity contribution in [1.82, 2.24) is 9.97 Å². The summed E-state index contributed by atoms with van der Waals surface area (Å²) < 4.78 is 5.50. The fourth-order valence-electron chi connectivity index (χ4n) is 1.36. The molecule has 5 nitrogen and oxygen atoms in total. The first-order valence-electron chi connectivity index (χ1n) is 5.20. The number of nitrogens with zero attached hydrogens (tertiary/aromatic N) is 2. The molecule has 2 heterocycles. The number of nitrogen functional groups attached to an aromatic ring is 2. The molecule has 0 aliphatic heterocycles. The van der Waals surface area contributed by atoms with Gasteiger partial charge in [0.25, 0.3) is 0 Å². The van der Waals surface area contributed by atoms with Gasteiger partial charge in [-0.05, 0) is 13.0 Å². The number of aryl methyl sites for hydroxylation is 1. The van der Waals surface area contributed by atoms with Crippen molar-refractivity contribution in [3.05, 3.63) is 28.2 Å². The molecule has 0 saturated carbocycles. The van der Waals surface area contributed by atoms with Crippen LogP contribution in [0, 0.1) is 6.92 Å². The monoisotopic (exact) mass is 250 g/mol. The second kappa shape index (κ2) is 5.01. The highest BCUT2D eigenvalue weighted by molar-refractivity contribution is 7.09. The van der Waals surface area contributed by atoms with Gasteiger partial charge in [-0.2, -0.15) is 4.98 Å². The molecule has 17 heavy (non-hydrogen) atoms. The van der Waals surface area contributed by atoms with Crippen LogP contribution in [0.4, 0.5) is 11.5 Å². The quantitative estimate of drug-likeness (QED) is 0.861. The third-order valence-electron chi connectivity index (χ3n) is 2.36. The number of hydrogen-bond acceptors (Lipinski definition) is 6. The van der Waals surface area contributed by atoms with Crippen LogP contribution >= 0.6 is 11.3 Å². The molecule has 0 aromatic carbocycles. The molecule has 0 fully saturated rings. The van der Waals surface area contributed by atoms with Crippen molar-refractivity contribution < 1.29 is 4.74 Å². The first-order chi connectivity index (χ1) is 8.16. The molecule has 0 radical (unpaired) electrons. The molecule has 0 saturated heterocycles. The molecular weight excluding hydrogens is 236 g/mol. The number of anilines is 2. The molecule has 0 spiro atoms. The molecule has 2 aromatic heterocycles. The van der Waals surface area contributed by atoms with E-state index < -0.39 is 0 Å². The van der Waals surface area contributed by atoms with Crippen LogP contribution in [-0.2, 0) is 6.42 Å². The summed E-state index contributed by atoms with van der Waals surface area (Å²) in [5, 5.41) is 0. The normalized spacial score (nSPS) is 10.4. The minimum atomic E-state index is 0.302. The van der Waals surface area contributed by atoms with E-state index >= 15 is 0 Å². The zero-order valence-electron chi connectivity index (χ0n) is 9.51. The van der Waals surface area contributed by atoms with Crippen LogP contribution in [-0.4, -0.2) is 16.6 Å². The number of aromatic nitrogens is 2. The van der Waals surface area contributed by atoms with Crippen molar-refractivity contribution in [3.8, 4) is 5.88 Å². The number of pyridine rings is 1. The Balaban J connectivity index is 1.90. The van der Waals surface area contributed by atoms with Crippen LogP contribution in [0.2, 0.25) is 0 Å². The highest BCUT2D eigenvalue weighted by Crippen LogP contribution is 2.17. The maximum atomic E-state index is 5.59. The van der Waals surface area contributed by atoms with Crippen molar-refractivity contribution in [2.45, 2.75) is 13.3 Å². The number of ether oxygens (including phenoxy) is 1. The highest BCUT2D eigenvalue weighted by Gasteiger charge is 2.03. The smallest absolute Gasteiger partial charge is 0.215 e. The Bertz CT molecular complexity index is 512. The van der Waals surface area contributed by atoms with Gasteiger partial charge in [0, 0.05) is 17.4 Å². The number of nitrogens with two attached hydrogens (primary N) is 2. The fraction of sp³-hybridized carbons (Fsp3) is 0.273. The molecule has 2 aromatic rings. The van der Waals surface area contributed by atoms with Crippen molar-refractivity contribution in [2.75, 3.05) is 18.1 Å². The lowest BCUT2D eigenvalue weighted by molar-refractivity contribution is 0.311. The Kier molecular flexibility index (Phi) is 3.43. The Morgan fingerprint density at radius 2 is 2.18 bits per heavy atom.